The van der Waals surface area contributed by atoms with E-state index in [0.29, 0.717) is 0 Å². The minimum atomic E-state index is -0.359. The van der Waals surface area contributed by atoms with E-state index in [4.69, 9.17) is 4.74 Å². The van der Waals surface area contributed by atoms with Crippen molar-refractivity contribution in [2.75, 3.05) is 0 Å². The third-order valence-electron chi connectivity index (χ3n) is 4.02. The summed E-state index contributed by atoms with van der Waals surface area (Å²) in [6, 6.07) is 10.2. The van der Waals surface area contributed by atoms with Crippen LogP contribution in [0.3, 0.4) is 0 Å². The summed E-state index contributed by atoms with van der Waals surface area (Å²) in [6.45, 7) is 3.96. The highest BCUT2D eigenvalue weighted by Crippen LogP contribution is 2.42. The van der Waals surface area contributed by atoms with Crippen LogP contribution >= 0.6 is 0 Å². The molecule has 1 aliphatic rings. The molecule has 0 saturated heterocycles. The molecule has 0 heterocycles. The molecule has 0 aromatic heterocycles. The largest absolute Gasteiger partial charge is 0.454 e. The maximum Gasteiger partial charge on any atom is 0.309 e. The van der Waals surface area contributed by atoms with Gasteiger partial charge in [-0.2, -0.15) is 0 Å². The van der Waals surface area contributed by atoms with Crippen molar-refractivity contribution in [1.29, 1.82) is 0 Å². The lowest BCUT2D eigenvalue weighted by molar-refractivity contribution is -0.165. The molecule has 18 heavy (non-hydrogen) atoms. The van der Waals surface area contributed by atoms with Crippen molar-refractivity contribution in [3.8, 4) is 0 Å². The Balaban J connectivity index is 2.20. The maximum atomic E-state index is 12.1. The van der Waals surface area contributed by atoms with Crippen LogP contribution in [0.2, 0.25) is 0 Å². The number of carbonyl (C=O) groups is 1. The van der Waals surface area contributed by atoms with Crippen molar-refractivity contribution in [3.63, 3.8) is 0 Å². The van der Waals surface area contributed by atoms with Crippen molar-refractivity contribution in [1.82, 2.24) is 0 Å². The normalized spacial score (nSPS) is 19.4. The van der Waals surface area contributed by atoms with Crippen molar-refractivity contribution in [2.24, 2.45) is 5.92 Å². The van der Waals surface area contributed by atoms with Gasteiger partial charge in [-0.1, -0.05) is 44.2 Å². The van der Waals surface area contributed by atoms with E-state index in [1.807, 2.05) is 32.0 Å². The van der Waals surface area contributed by atoms with Crippen molar-refractivity contribution < 1.29 is 9.53 Å². The third kappa shape index (κ3) is 2.58. The average Bonchev–Trinajstić information content (AvgIpc) is 2.88. The monoisotopic (exact) mass is 246 g/mol. The summed E-state index contributed by atoms with van der Waals surface area (Å²) in [5.74, 6) is -0.0607. The minimum absolute atomic E-state index is 0.00816. The third-order valence-corrected chi connectivity index (χ3v) is 4.02. The molecular formula is C16H22O2. The first-order valence-electron chi connectivity index (χ1n) is 6.96. The molecule has 1 aliphatic carbocycles. The number of hydrogen-bond donors (Lipinski definition) is 0. The fourth-order valence-electron chi connectivity index (χ4n) is 2.60. The molecule has 1 unspecified atom stereocenters. The molecule has 1 atom stereocenters. The highest BCUT2D eigenvalue weighted by molar-refractivity contribution is 5.72. The second kappa shape index (κ2) is 5.55. The molecule has 0 bridgehead atoms. The lowest BCUT2D eigenvalue weighted by Crippen LogP contribution is -2.31. The van der Waals surface area contributed by atoms with Crippen molar-refractivity contribution in [2.45, 2.75) is 51.6 Å². The summed E-state index contributed by atoms with van der Waals surface area (Å²) < 4.78 is 5.90. The predicted molar refractivity (Wildman–Crippen MR) is 72.1 cm³/mol. The standard InChI is InChI=1S/C16H22O2/c1-3-13(2)15(17)18-16(11-7-8-12-16)14-9-5-4-6-10-14/h4-6,9-10,13H,3,7-8,11-12H2,1-2H3. The van der Waals surface area contributed by atoms with Gasteiger partial charge in [-0.05, 0) is 37.7 Å². The molecule has 1 fully saturated rings. The number of esters is 1. The van der Waals surface area contributed by atoms with E-state index in [2.05, 4.69) is 12.1 Å². The molecular weight excluding hydrogens is 224 g/mol. The SMILES string of the molecule is CCC(C)C(=O)OC1(c2ccccc2)CCCC1. The average molecular weight is 246 g/mol. The van der Waals surface area contributed by atoms with Crippen LogP contribution in [0.4, 0.5) is 0 Å². The molecule has 1 aromatic rings. The van der Waals surface area contributed by atoms with E-state index >= 15 is 0 Å². The fourth-order valence-corrected chi connectivity index (χ4v) is 2.60. The molecule has 0 N–H and O–H groups in total. The van der Waals surface area contributed by atoms with Gasteiger partial charge in [0.15, 0.2) is 0 Å². The lowest BCUT2D eigenvalue weighted by atomic mass is 9.91. The van der Waals surface area contributed by atoms with Gasteiger partial charge in [0.25, 0.3) is 0 Å². The molecule has 0 aliphatic heterocycles. The van der Waals surface area contributed by atoms with Gasteiger partial charge in [0.05, 0.1) is 5.92 Å². The van der Waals surface area contributed by atoms with Crippen LogP contribution in [0.1, 0.15) is 51.5 Å². The van der Waals surface area contributed by atoms with Gasteiger partial charge in [0.1, 0.15) is 5.60 Å². The molecule has 0 spiro atoms. The summed E-state index contributed by atoms with van der Waals surface area (Å²) in [6.07, 6.45) is 5.04. The number of rotatable bonds is 4. The molecule has 0 radical (unpaired) electrons. The van der Waals surface area contributed by atoms with Crippen LogP contribution in [0.15, 0.2) is 30.3 Å². The number of ether oxygens (including phenoxy) is 1. The zero-order valence-corrected chi connectivity index (χ0v) is 11.3. The van der Waals surface area contributed by atoms with Gasteiger partial charge in [-0.3, -0.25) is 4.79 Å². The highest BCUT2D eigenvalue weighted by Gasteiger charge is 2.39. The molecule has 0 amide bonds. The Kier molecular flexibility index (Phi) is 4.05. The summed E-state index contributed by atoms with van der Waals surface area (Å²) >= 11 is 0. The highest BCUT2D eigenvalue weighted by atomic mass is 16.6. The summed E-state index contributed by atoms with van der Waals surface area (Å²) in [7, 11) is 0. The Morgan fingerprint density at radius 3 is 2.44 bits per heavy atom. The second-order valence-corrected chi connectivity index (χ2v) is 5.30. The van der Waals surface area contributed by atoms with Gasteiger partial charge in [0, 0.05) is 0 Å². The number of benzene rings is 1. The number of carbonyl (C=O) groups excluding carboxylic acids is 1. The van der Waals surface area contributed by atoms with Crippen LogP contribution < -0.4 is 0 Å². The molecule has 2 rings (SSSR count). The first-order chi connectivity index (χ1) is 8.68. The minimum Gasteiger partial charge on any atom is -0.454 e. The second-order valence-electron chi connectivity index (χ2n) is 5.30. The topological polar surface area (TPSA) is 26.3 Å². The first-order valence-corrected chi connectivity index (χ1v) is 6.96. The van der Waals surface area contributed by atoms with Crippen LogP contribution in [0.25, 0.3) is 0 Å². The van der Waals surface area contributed by atoms with Crippen molar-refractivity contribution in [3.05, 3.63) is 35.9 Å². The molecule has 1 saturated carbocycles. The van der Waals surface area contributed by atoms with E-state index in [1.54, 1.807) is 0 Å². The molecule has 98 valence electrons. The summed E-state index contributed by atoms with van der Waals surface area (Å²) in [5, 5.41) is 0. The Morgan fingerprint density at radius 1 is 1.28 bits per heavy atom. The van der Waals surface area contributed by atoms with Crippen molar-refractivity contribution >= 4 is 5.97 Å². The Morgan fingerprint density at radius 2 is 1.89 bits per heavy atom. The van der Waals surface area contributed by atoms with Gasteiger partial charge in [0.2, 0.25) is 0 Å². The molecule has 2 nitrogen and oxygen atoms in total. The quantitative estimate of drug-likeness (QED) is 0.749. The van der Waals surface area contributed by atoms with Crippen LogP contribution in [-0.4, -0.2) is 5.97 Å². The Bertz CT molecular complexity index is 391. The van der Waals surface area contributed by atoms with Gasteiger partial charge in [-0.25, -0.2) is 0 Å². The number of hydrogen-bond acceptors (Lipinski definition) is 2. The maximum absolute atomic E-state index is 12.1. The van der Waals surface area contributed by atoms with E-state index < -0.39 is 0 Å². The van der Waals surface area contributed by atoms with Crippen LogP contribution in [0.5, 0.6) is 0 Å². The molecule has 1 aromatic carbocycles. The van der Waals surface area contributed by atoms with Gasteiger partial charge >= 0.3 is 5.97 Å². The lowest BCUT2D eigenvalue weighted by Gasteiger charge is -2.30. The van der Waals surface area contributed by atoms with E-state index in [0.717, 1.165) is 37.7 Å². The Labute approximate surface area is 109 Å². The van der Waals surface area contributed by atoms with E-state index in [9.17, 15) is 4.79 Å². The smallest absolute Gasteiger partial charge is 0.309 e. The first kappa shape index (κ1) is 13.1. The predicted octanol–water partition coefficient (Wildman–Crippen LogP) is 4.05. The summed E-state index contributed by atoms with van der Waals surface area (Å²) in [5.41, 5.74) is 0.793. The van der Waals surface area contributed by atoms with Gasteiger partial charge < -0.3 is 4.74 Å². The van der Waals surface area contributed by atoms with Crippen LogP contribution in [-0.2, 0) is 15.1 Å². The summed E-state index contributed by atoms with van der Waals surface area (Å²) in [4.78, 5) is 12.1. The fraction of sp³-hybridized carbons (Fsp3) is 0.562. The Hall–Kier alpha value is -1.31. The molecule has 2 heteroatoms. The van der Waals surface area contributed by atoms with Crippen LogP contribution in [0, 0.1) is 5.92 Å². The van der Waals surface area contributed by atoms with E-state index in [1.165, 1.54) is 0 Å². The zero-order chi connectivity index (χ0) is 13.0. The van der Waals surface area contributed by atoms with E-state index in [-0.39, 0.29) is 17.5 Å². The van der Waals surface area contributed by atoms with Gasteiger partial charge in [-0.15, -0.1) is 0 Å². The zero-order valence-electron chi connectivity index (χ0n) is 11.3.